The number of hydrogen-bond donors (Lipinski definition) is 0. The van der Waals surface area contributed by atoms with E-state index in [0.29, 0.717) is 18.4 Å². The number of hydrogen-bond acceptors (Lipinski definition) is 5. The number of nitrogens with zero attached hydrogens (tertiary/aromatic N) is 1. The van der Waals surface area contributed by atoms with E-state index in [0.717, 1.165) is 11.1 Å². The van der Waals surface area contributed by atoms with Gasteiger partial charge in [-0.25, -0.2) is 14.5 Å². The zero-order valence-electron chi connectivity index (χ0n) is 16.0. The molecule has 28 heavy (non-hydrogen) atoms. The van der Waals surface area contributed by atoms with Crippen molar-refractivity contribution in [3.05, 3.63) is 71.3 Å². The van der Waals surface area contributed by atoms with Gasteiger partial charge in [0, 0.05) is 5.92 Å². The molecule has 0 N–H and O–H groups in total. The van der Waals surface area contributed by atoms with Gasteiger partial charge in [0.1, 0.15) is 6.61 Å². The summed E-state index contributed by atoms with van der Waals surface area (Å²) in [6.45, 7) is 1.97. The highest BCUT2D eigenvalue weighted by Crippen LogP contribution is 2.22. The van der Waals surface area contributed by atoms with Gasteiger partial charge in [-0.15, -0.1) is 0 Å². The summed E-state index contributed by atoms with van der Waals surface area (Å²) in [5, 5.41) is 0. The SMILES string of the molecule is COC(=O)c1cccc(CC(C)C(=O)N2C(=O)OC[C@H]2Cc2ccccc2)c1. The first-order valence-electron chi connectivity index (χ1n) is 9.20. The molecule has 1 aliphatic heterocycles. The Hall–Kier alpha value is -3.15. The largest absolute Gasteiger partial charge is 0.465 e. The molecule has 0 radical (unpaired) electrons. The van der Waals surface area contributed by atoms with Crippen LogP contribution in [0.1, 0.15) is 28.4 Å². The van der Waals surface area contributed by atoms with Crippen molar-refractivity contribution >= 4 is 18.0 Å². The van der Waals surface area contributed by atoms with Gasteiger partial charge >= 0.3 is 12.1 Å². The van der Waals surface area contributed by atoms with E-state index in [1.807, 2.05) is 36.4 Å². The zero-order chi connectivity index (χ0) is 20.1. The van der Waals surface area contributed by atoms with Crippen molar-refractivity contribution in [1.29, 1.82) is 0 Å². The van der Waals surface area contributed by atoms with Crippen molar-refractivity contribution in [2.24, 2.45) is 5.92 Å². The van der Waals surface area contributed by atoms with Gasteiger partial charge in [0.2, 0.25) is 5.91 Å². The van der Waals surface area contributed by atoms with Crippen LogP contribution in [0.3, 0.4) is 0 Å². The first-order chi connectivity index (χ1) is 13.5. The lowest BCUT2D eigenvalue weighted by molar-refractivity contribution is -0.132. The van der Waals surface area contributed by atoms with Crippen LogP contribution in [0, 0.1) is 5.92 Å². The Morgan fingerprint density at radius 2 is 1.86 bits per heavy atom. The third-order valence-electron chi connectivity index (χ3n) is 4.82. The van der Waals surface area contributed by atoms with Gasteiger partial charge in [-0.1, -0.05) is 49.4 Å². The molecule has 1 unspecified atom stereocenters. The van der Waals surface area contributed by atoms with Crippen LogP contribution in [0.15, 0.2) is 54.6 Å². The monoisotopic (exact) mass is 381 g/mol. The Balaban J connectivity index is 1.70. The van der Waals surface area contributed by atoms with Crippen molar-refractivity contribution < 1.29 is 23.9 Å². The standard InChI is InChI=1S/C22H23NO5/c1-15(11-17-9-6-10-18(12-17)21(25)27-2)20(24)23-19(14-28-22(23)26)13-16-7-4-3-5-8-16/h3-10,12,15,19H,11,13-14H2,1-2H3/t15?,19-/m1/s1. The predicted molar refractivity (Wildman–Crippen MR) is 103 cm³/mol. The first-order valence-corrected chi connectivity index (χ1v) is 9.20. The first kappa shape index (κ1) is 19.6. The Labute approximate surface area is 164 Å². The molecular weight excluding hydrogens is 358 g/mol. The van der Waals surface area contributed by atoms with Gasteiger partial charge in [-0.2, -0.15) is 0 Å². The third kappa shape index (κ3) is 4.39. The summed E-state index contributed by atoms with van der Waals surface area (Å²) in [4.78, 5) is 38.1. The molecule has 0 spiro atoms. The summed E-state index contributed by atoms with van der Waals surface area (Å²) in [6, 6.07) is 16.4. The van der Waals surface area contributed by atoms with Crippen LogP contribution in [0.4, 0.5) is 4.79 Å². The Morgan fingerprint density at radius 1 is 1.14 bits per heavy atom. The Morgan fingerprint density at radius 3 is 2.57 bits per heavy atom. The number of amides is 2. The number of carbonyl (C=O) groups excluding carboxylic acids is 3. The molecule has 0 saturated carbocycles. The van der Waals surface area contributed by atoms with Gasteiger partial charge in [-0.3, -0.25) is 4.79 Å². The van der Waals surface area contributed by atoms with E-state index < -0.39 is 18.0 Å². The van der Waals surface area contributed by atoms with Crippen molar-refractivity contribution in [2.45, 2.75) is 25.8 Å². The van der Waals surface area contributed by atoms with E-state index in [1.54, 1.807) is 25.1 Å². The molecule has 6 nitrogen and oxygen atoms in total. The average molecular weight is 381 g/mol. The minimum absolute atomic E-state index is 0.198. The van der Waals surface area contributed by atoms with Crippen LogP contribution in [-0.4, -0.2) is 42.6 Å². The molecular formula is C22H23NO5. The molecule has 6 heteroatoms. The van der Waals surface area contributed by atoms with Gasteiger partial charge in [0.15, 0.2) is 0 Å². The second-order valence-electron chi connectivity index (χ2n) is 6.93. The summed E-state index contributed by atoms with van der Waals surface area (Å²) in [5.74, 6) is -1.13. The van der Waals surface area contributed by atoms with Crippen LogP contribution in [0.2, 0.25) is 0 Å². The molecule has 2 aromatic carbocycles. The fourth-order valence-electron chi connectivity index (χ4n) is 3.39. The number of imide groups is 1. The third-order valence-corrected chi connectivity index (χ3v) is 4.82. The molecule has 1 heterocycles. The number of carbonyl (C=O) groups is 3. The maximum absolute atomic E-state index is 13.0. The van der Waals surface area contributed by atoms with Crippen LogP contribution in [-0.2, 0) is 27.1 Å². The van der Waals surface area contributed by atoms with Gasteiger partial charge in [0.25, 0.3) is 0 Å². The highest BCUT2D eigenvalue weighted by atomic mass is 16.6. The summed E-state index contributed by atoms with van der Waals surface area (Å²) in [6.07, 6.45) is 0.370. The number of esters is 1. The highest BCUT2D eigenvalue weighted by molar-refractivity contribution is 5.95. The molecule has 2 amide bonds. The number of cyclic esters (lactones) is 1. The summed E-state index contributed by atoms with van der Waals surface area (Å²) >= 11 is 0. The molecule has 1 fully saturated rings. The summed E-state index contributed by atoms with van der Waals surface area (Å²) in [7, 11) is 1.33. The molecule has 0 aromatic heterocycles. The smallest absolute Gasteiger partial charge is 0.416 e. The zero-order valence-corrected chi connectivity index (χ0v) is 16.0. The highest BCUT2D eigenvalue weighted by Gasteiger charge is 2.39. The topological polar surface area (TPSA) is 72.9 Å². The van der Waals surface area contributed by atoms with E-state index in [1.165, 1.54) is 12.0 Å². The summed E-state index contributed by atoms with van der Waals surface area (Å²) < 4.78 is 9.88. The lowest BCUT2D eigenvalue weighted by Gasteiger charge is -2.23. The van der Waals surface area contributed by atoms with Crippen molar-refractivity contribution in [3.63, 3.8) is 0 Å². The second kappa shape index (κ2) is 8.69. The van der Waals surface area contributed by atoms with Crippen LogP contribution in [0.25, 0.3) is 0 Å². The molecule has 1 aliphatic rings. The number of benzene rings is 2. The van der Waals surface area contributed by atoms with Crippen molar-refractivity contribution in [3.8, 4) is 0 Å². The Kier molecular flexibility index (Phi) is 6.09. The van der Waals surface area contributed by atoms with Gasteiger partial charge in [-0.05, 0) is 36.1 Å². The normalized spacial score (nSPS) is 17.1. The number of rotatable bonds is 6. The Bertz CT molecular complexity index is 864. The maximum atomic E-state index is 13.0. The van der Waals surface area contributed by atoms with Crippen molar-refractivity contribution in [1.82, 2.24) is 4.90 Å². The van der Waals surface area contributed by atoms with E-state index in [2.05, 4.69) is 0 Å². The molecule has 146 valence electrons. The molecule has 3 rings (SSSR count). The van der Waals surface area contributed by atoms with Crippen LogP contribution >= 0.6 is 0 Å². The van der Waals surface area contributed by atoms with E-state index in [9.17, 15) is 14.4 Å². The van der Waals surface area contributed by atoms with Gasteiger partial charge < -0.3 is 9.47 Å². The quantitative estimate of drug-likeness (QED) is 0.718. The lowest BCUT2D eigenvalue weighted by Crippen LogP contribution is -2.43. The van der Waals surface area contributed by atoms with Crippen LogP contribution < -0.4 is 0 Å². The molecule has 2 atom stereocenters. The molecule has 0 bridgehead atoms. The molecule has 1 saturated heterocycles. The minimum atomic E-state index is -0.596. The maximum Gasteiger partial charge on any atom is 0.416 e. The van der Waals surface area contributed by atoms with E-state index in [-0.39, 0.29) is 18.6 Å². The molecule has 0 aliphatic carbocycles. The number of methoxy groups -OCH3 is 1. The van der Waals surface area contributed by atoms with Crippen LogP contribution in [0.5, 0.6) is 0 Å². The second-order valence-corrected chi connectivity index (χ2v) is 6.93. The minimum Gasteiger partial charge on any atom is -0.465 e. The number of ether oxygens (including phenoxy) is 2. The predicted octanol–water partition coefficient (Wildman–Crippen LogP) is 3.24. The lowest BCUT2D eigenvalue weighted by atomic mass is 9.97. The average Bonchev–Trinajstić information content (AvgIpc) is 3.07. The fraction of sp³-hybridized carbons (Fsp3) is 0.318. The molecule has 2 aromatic rings. The summed E-state index contributed by atoms with van der Waals surface area (Å²) in [5.41, 5.74) is 2.31. The van der Waals surface area contributed by atoms with E-state index >= 15 is 0 Å². The van der Waals surface area contributed by atoms with Crippen molar-refractivity contribution in [2.75, 3.05) is 13.7 Å². The van der Waals surface area contributed by atoms with Gasteiger partial charge in [0.05, 0.1) is 18.7 Å². The fourth-order valence-corrected chi connectivity index (χ4v) is 3.39. The van der Waals surface area contributed by atoms with E-state index in [4.69, 9.17) is 9.47 Å².